The number of aromatic nitrogens is 2. The van der Waals surface area contributed by atoms with Crippen molar-refractivity contribution < 1.29 is 9.53 Å². The van der Waals surface area contributed by atoms with Crippen molar-refractivity contribution in [1.29, 1.82) is 0 Å². The molecule has 134 valence electrons. The molecule has 0 aliphatic carbocycles. The number of likely N-dealkylation sites (tertiary alicyclic amines) is 1. The number of piperidine rings is 1. The fourth-order valence-electron chi connectivity index (χ4n) is 3.47. The van der Waals surface area contributed by atoms with E-state index >= 15 is 0 Å². The van der Waals surface area contributed by atoms with E-state index in [-0.39, 0.29) is 11.9 Å². The minimum absolute atomic E-state index is 0.0361. The molecule has 1 aromatic heterocycles. The van der Waals surface area contributed by atoms with E-state index in [1.807, 2.05) is 12.4 Å². The van der Waals surface area contributed by atoms with Crippen LogP contribution < -0.4 is 0 Å². The number of hydrogen-bond acceptors (Lipinski definition) is 4. The number of rotatable bonds is 4. The van der Waals surface area contributed by atoms with Crippen molar-refractivity contribution in [3.8, 4) is 5.69 Å². The van der Waals surface area contributed by atoms with Crippen LogP contribution in [0.2, 0.25) is 0 Å². The molecule has 0 unspecified atom stereocenters. The van der Waals surface area contributed by atoms with Crippen molar-refractivity contribution in [3.63, 3.8) is 0 Å². The van der Waals surface area contributed by atoms with Crippen molar-refractivity contribution in [2.24, 2.45) is 5.92 Å². The van der Waals surface area contributed by atoms with Crippen LogP contribution in [0.3, 0.4) is 0 Å². The van der Waals surface area contributed by atoms with Crippen molar-refractivity contribution in [3.05, 3.63) is 46.5 Å². The van der Waals surface area contributed by atoms with Gasteiger partial charge in [-0.15, -0.1) is 0 Å². The summed E-state index contributed by atoms with van der Waals surface area (Å²) in [6, 6.07) is 6.40. The van der Waals surface area contributed by atoms with E-state index in [4.69, 9.17) is 17.0 Å². The highest BCUT2D eigenvalue weighted by molar-refractivity contribution is 7.71. The van der Waals surface area contributed by atoms with Crippen LogP contribution in [0.15, 0.2) is 30.6 Å². The van der Waals surface area contributed by atoms with Gasteiger partial charge in [0.15, 0.2) is 4.77 Å². The standard InChI is InChI=1S/C19H25N3O2S/c1-14-4-5-17(15(2)12-14)22-11-10-21(19(22)25)13-20-8-6-16(7-9-20)18(23)24-3/h4-5,10-12,16H,6-9,13H2,1-3H3. The summed E-state index contributed by atoms with van der Waals surface area (Å²) in [4.78, 5) is 14.0. The van der Waals surface area contributed by atoms with Gasteiger partial charge in [0, 0.05) is 25.5 Å². The first-order valence-electron chi connectivity index (χ1n) is 8.65. The molecule has 0 radical (unpaired) electrons. The second kappa shape index (κ2) is 7.54. The van der Waals surface area contributed by atoms with Crippen LogP contribution in [0.5, 0.6) is 0 Å². The van der Waals surface area contributed by atoms with Crippen LogP contribution in [0.25, 0.3) is 5.69 Å². The highest BCUT2D eigenvalue weighted by Crippen LogP contribution is 2.20. The Morgan fingerprint density at radius 1 is 1.24 bits per heavy atom. The topological polar surface area (TPSA) is 39.4 Å². The summed E-state index contributed by atoms with van der Waals surface area (Å²) in [6.07, 6.45) is 5.75. The normalized spacial score (nSPS) is 16.1. The molecule has 0 bridgehead atoms. The van der Waals surface area contributed by atoms with Crippen LogP contribution in [0.1, 0.15) is 24.0 Å². The van der Waals surface area contributed by atoms with Crippen molar-refractivity contribution in [1.82, 2.24) is 14.0 Å². The van der Waals surface area contributed by atoms with Gasteiger partial charge < -0.3 is 9.30 Å². The highest BCUT2D eigenvalue weighted by Gasteiger charge is 2.25. The summed E-state index contributed by atoms with van der Waals surface area (Å²) in [5, 5.41) is 0. The number of esters is 1. The molecular formula is C19H25N3O2S. The minimum Gasteiger partial charge on any atom is -0.469 e. The van der Waals surface area contributed by atoms with Gasteiger partial charge in [-0.2, -0.15) is 0 Å². The van der Waals surface area contributed by atoms with Gasteiger partial charge in [0.1, 0.15) is 0 Å². The number of ether oxygens (including phenoxy) is 1. The molecule has 0 amide bonds. The number of aryl methyl sites for hydroxylation is 2. The van der Waals surface area contributed by atoms with Crippen molar-refractivity contribution >= 4 is 18.2 Å². The predicted octanol–water partition coefficient (Wildman–Crippen LogP) is 3.47. The molecular weight excluding hydrogens is 334 g/mol. The van der Waals surface area contributed by atoms with Gasteiger partial charge in [-0.05, 0) is 50.5 Å². The number of hydrogen-bond donors (Lipinski definition) is 0. The summed E-state index contributed by atoms with van der Waals surface area (Å²) in [6.45, 7) is 6.73. The van der Waals surface area contributed by atoms with Crippen LogP contribution in [-0.4, -0.2) is 40.2 Å². The van der Waals surface area contributed by atoms with Crippen molar-refractivity contribution in [2.75, 3.05) is 20.2 Å². The monoisotopic (exact) mass is 359 g/mol. The van der Waals surface area contributed by atoms with Gasteiger partial charge in [0.05, 0.1) is 25.4 Å². The summed E-state index contributed by atoms with van der Waals surface area (Å²) in [5.41, 5.74) is 3.59. The first kappa shape index (κ1) is 17.9. The zero-order valence-electron chi connectivity index (χ0n) is 15.1. The number of carbonyl (C=O) groups is 1. The molecule has 0 saturated carbocycles. The van der Waals surface area contributed by atoms with E-state index in [9.17, 15) is 4.79 Å². The minimum atomic E-state index is -0.0859. The van der Waals surface area contributed by atoms with Gasteiger partial charge in [-0.25, -0.2) is 0 Å². The SMILES string of the molecule is COC(=O)C1CCN(Cn2ccn(-c3ccc(C)cc3C)c2=S)CC1. The lowest BCUT2D eigenvalue weighted by molar-refractivity contribution is -0.147. The van der Waals surface area contributed by atoms with Crippen LogP contribution in [0.4, 0.5) is 0 Å². The predicted molar refractivity (Wildman–Crippen MR) is 100 cm³/mol. The van der Waals surface area contributed by atoms with Crippen molar-refractivity contribution in [2.45, 2.75) is 33.4 Å². The number of benzene rings is 1. The lowest BCUT2D eigenvalue weighted by atomic mass is 9.97. The Morgan fingerprint density at radius 2 is 1.96 bits per heavy atom. The number of imidazole rings is 1. The molecule has 1 aromatic carbocycles. The third kappa shape index (κ3) is 3.85. The lowest BCUT2D eigenvalue weighted by Crippen LogP contribution is -2.37. The molecule has 0 atom stereocenters. The maximum absolute atomic E-state index is 11.6. The van der Waals surface area contributed by atoms with Gasteiger partial charge in [0.2, 0.25) is 0 Å². The molecule has 1 fully saturated rings. The zero-order chi connectivity index (χ0) is 18.0. The average Bonchev–Trinajstić information content (AvgIpc) is 2.95. The number of methoxy groups -OCH3 is 1. The largest absolute Gasteiger partial charge is 0.469 e. The first-order valence-corrected chi connectivity index (χ1v) is 9.06. The van der Waals surface area contributed by atoms with E-state index in [1.165, 1.54) is 18.2 Å². The van der Waals surface area contributed by atoms with E-state index in [0.717, 1.165) is 43.1 Å². The Balaban J connectivity index is 1.70. The third-order valence-corrected chi connectivity index (χ3v) is 5.36. The molecule has 3 rings (SSSR count). The van der Waals surface area contributed by atoms with Crippen LogP contribution >= 0.6 is 12.2 Å². The highest BCUT2D eigenvalue weighted by atomic mass is 32.1. The van der Waals surface area contributed by atoms with Gasteiger partial charge in [-0.3, -0.25) is 14.3 Å². The number of carbonyl (C=O) groups excluding carboxylic acids is 1. The molecule has 5 nitrogen and oxygen atoms in total. The molecule has 2 heterocycles. The Hall–Kier alpha value is -1.92. The van der Waals surface area contributed by atoms with Crippen LogP contribution in [-0.2, 0) is 16.2 Å². The average molecular weight is 359 g/mol. The molecule has 25 heavy (non-hydrogen) atoms. The summed E-state index contributed by atoms with van der Waals surface area (Å²) in [7, 11) is 1.46. The smallest absolute Gasteiger partial charge is 0.308 e. The fourth-order valence-corrected chi connectivity index (χ4v) is 3.75. The first-order chi connectivity index (χ1) is 12.0. The van der Waals surface area contributed by atoms with E-state index in [2.05, 4.69) is 46.1 Å². The lowest BCUT2D eigenvalue weighted by Gasteiger charge is -2.30. The Morgan fingerprint density at radius 3 is 2.60 bits per heavy atom. The van der Waals surface area contributed by atoms with E-state index < -0.39 is 0 Å². The summed E-state index contributed by atoms with van der Waals surface area (Å²) >= 11 is 5.68. The molecule has 1 saturated heterocycles. The van der Waals surface area contributed by atoms with Gasteiger partial charge >= 0.3 is 5.97 Å². The Kier molecular flexibility index (Phi) is 5.39. The third-order valence-electron chi connectivity index (χ3n) is 4.93. The Labute approximate surface area is 153 Å². The maximum atomic E-state index is 11.6. The van der Waals surface area contributed by atoms with Gasteiger partial charge in [-0.1, -0.05) is 17.7 Å². The van der Waals surface area contributed by atoms with Gasteiger partial charge in [0.25, 0.3) is 0 Å². The maximum Gasteiger partial charge on any atom is 0.308 e. The zero-order valence-corrected chi connectivity index (χ0v) is 15.9. The summed E-state index contributed by atoms with van der Waals surface area (Å²) in [5.74, 6) is -0.0497. The fraction of sp³-hybridized carbons (Fsp3) is 0.474. The molecule has 0 spiro atoms. The molecule has 1 aliphatic rings. The van der Waals surface area contributed by atoms with E-state index in [0.29, 0.717) is 0 Å². The quantitative estimate of drug-likeness (QED) is 0.619. The summed E-state index contributed by atoms with van der Waals surface area (Å²) < 4.78 is 9.80. The molecule has 6 heteroatoms. The van der Waals surface area contributed by atoms with E-state index in [1.54, 1.807) is 0 Å². The second-order valence-electron chi connectivity index (χ2n) is 6.77. The molecule has 0 N–H and O–H groups in total. The second-order valence-corrected chi connectivity index (χ2v) is 7.13. The van der Waals surface area contributed by atoms with Crippen LogP contribution in [0, 0.1) is 24.5 Å². The molecule has 1 aliphatic heterocycles. The Bertz CT molecular complexity index is 816. The number of nitrogens with zero attached hydrogens (tertiary/aromatic N) is 3. The molecule has 2 aromatic rings.